The number of thioether (sulfide) groups is 1. The molecule has 1 aliphatic rings. The molecule has 106 valence electrons. The summed E-state index contributed by atoms with van der Waals surface area (Å²) in [6, 6.07) is 6.92. The summed E-state index contributed by atoms with van der Waals surface area (Å²) in [5.41, 5.74) is 10.0. The molecule has 0 aliphatic heterocycles. The quantitative estimate of drug-likeness (QED) is 0.856. The molecule has 1 unspecified atom stereocenters. The standard InChI is InChI=1S/C14H19N5S/c1-9-3-6-12(10(2)7-9)13(15)8-20-14-16-17-18-19(14)11-4-5-11/h3,6-7,11,13H,4-5,8,15H2,1-2H3. The summed E-state index contributed by atoms with van der Waals surface area (Å²) in [6.45, 7) is 4.21. The molecule has 1 saturated carbocycles. The van der Waals surface area contributed by atoms with Gasteiger partial charge in [0, 0.05) is 11.8 Å². The average molecular weight is 289 g/mol. The van der Waals surface area contributed by atoms with E-state index in [1.54, 1.807) is 11.8 Å². The molecule has 1 heterocycles. The molecule has 2 aromatic rings. The summed E-state index contributed by atoms with van der Waals surface area (Å²) in [5, 5.41) is 12.8. The van der Waals surface area contributed by atoms with E-state index in [0.29, 0.717) is 6.04 Å². The minimum absolute atomic E-state index is 0.00459. The fourth-order valence-electron chi connectivity index (χ4n) is 2.32. The van der Waals surface area contributed by atoms with Crippen molar-refractivity contribution in [2.45, 2.75) is 43.9 Å². The van der Waals surface area contributed by atoms with Crippen LogP contribution in [0.4, 0.5) is 0 Å². The van der Waals surface area contributed by atoms with Crippen molar-refractivity contribution in [1.29, 1.82) is 0 Å². The van der Waals surface area contributed by atoms with E-state index in [1.807, 2.05) is 4.68 Å². The second-order valence-electron chi connectivity index (χ2n) is 5.41. The summed E-state index contributed by atoms with van der Waals surface area (Å²) >= 11 is 1.64. The van der Waals surface area contributed by atoms with Gasteiger partial charge in [-0.25, -0.2) is 4.68 Å². The average Bonchev–Trinajstić information content (AvgIpc) is 3.15. The van der Waals surface area contributed by atoms with E-state index in [4.69, 9.17) is 5.73 Å². The molecule has 6 heteroatoms. The fourth-order valence-corrected chi connectivity index (χ4v) is 3.24. The smallest absolute Gasteiger partial charge is 0.209 e. The molecule has 3 rings (SSSR count). The van der Waals surface area contributed by atoms with E-state index in [1.165, 1.54) is 29.5 Å². The van der Waals surface area contributed by atoms with Crippen molar-refractivity contribution in [3.05, 3.63) is 34.9 Å². The molecular weight excluding hydrogens is 270 g/mol. The largest absolute Gasteiger partial charge is 0.323 e. The monoisotopic (exact) mass is 289 g/mol. The number of aryl methyl sites for hydroxylation is 2. The number of tetrazole rings is 1. The molecule has 1 fully saturated rings. The Balaban J connectivity index is 1.66. The Morgan fingerprint density at radius 1 is 1.40 bits per heavy atom. The number of benzene rings is 1. The van der Waals surface area contributed by atoms with E-state index in [-0.39, 0.29) is 6.04 Å². The molecule has 0 spiro atoms. The van der Waals surface area contributed by atoms with E-state index < -0.39 is 0 Å². The van der Waals surface area contributed by atoms with Gasteiger partial charge in [-0.15, -0.1) is 5.10 Å². The zero-order chi connectivity index (χ0) is 14.1. The van der Waals surface area contributed by atoms with Crippen molar-refractivity contribution >= 4 is 11.8 Å². The van der Waals surface area contributed by atoms with Crippen molar-refractivity contribution in [2.24, 2.45) is 5.73 Å². The second-order valence-corrected chi connectivity index (χ2v) is 6.40. The Kier molecular flexibility index (Phi) is 3.76. The Morgan fingerprint density at radius 3 is 2.90 bits per heavy atom. The van der Waals surface area contributed by atoms with Gasteiger partial charge in [0.15, 0.2) is 0 Å². The summed E-state index contributed by atoms with van der Waals surface area (Å²) < 4.78 is 1.93. The van der Waals surface area contributed by atoms with Gasteiger partial charge in [-0.2, -0.15) is 0 Å². The highest BCUT2D eigenvalue weighted by Gasteiger charge is 2.28. The van der Waals surface area contributed by atoms with Gasteiger partial charge in [0.1, 0.15) is 0 Å². The summed E-state index contributed by atoms with van der Waals surface area (Å²) in [6.07, 6.45) is 2.36. The molecule has 1 aromatic carbocycles. The highest BCUT2D eigenvalue weighted by atomic mass is 32.2. The van der Waals surface area contributed by atoms with Gasteiger partial charge in [0.2, 0.25) is 5.16 Å². The SMILES string of the molecule is Cc1ccc(C(N)CSc2nnnn2C2CC2)c(C)c1. The molecule has 5 nitrogen and oxygen atoms in total. The third-order valence-electron chi connectivity index (χ3n) is 3.57. The van der Waals surface area contributed by atoms with Crippen LogP contribution >= 0.6 is 11.8 Å². The van der Waals surface area contributed by atoms with Crippen molar-refractivity contribution in [3.63, 3.8) is 0 Å². The molecular formula is C14H19N5S. The normalized spacial score (nSPS) is 16.4. The van der Waals surface area contributed by atoms with Gasteiger partial charge in [-0.1, -0.05) is 35.5 Å². The summed E-state index contributed by atoms with van der Waals surface area (Å²) in [4.78, 5) is 0. The van der Waals surface area contributed by atoms with E-state index in [0.717, 1.165) is 10.9 Å². The molecule has 1 aromatic heterocycles. The zero-order valence-electron chi connectivity index (χ0n) is 11.8. The first-order chi connectivity index (χ1) is 9.65. The van der Waals surface area contributed by atoms with Crippen LogP contribution in [0.3, 0.4) is 0 Å². The van der Waals surface area contributed by atoms with Crippen LogP contribution in [-0.4, -0.2) is 26.0 Å². The van der Waals surface area contributed by atoms with Crippen LogP contribution in [0.1, 0.15) is 41.6 Å². The predicted molar refractivity (Wildman–Crippen MR) is 79.7 cm³/mol. The summed E-state index contributed by atoms with van der Waals surface area (Å²) in [5.74, 6) is 0.789. The number of aromatic nitrogens is 4. The van der Waals surface area contributed by atoms with Gasteiger partial charge in [0.25, 0.3) is 0 Å². The lowest BCUT2D eigenvalue weighted by Gasteiger charge is -2.14. The van der Waals surface area contributed by atoms with E-state index >= 15 is 0 Å². The lowest BCUT2D eigenvalue weighted by Crippen LogP contribution is -2.15. The highest BCUT2D eigenvalue weighted by Crippen LogP contribution is 2.36. The number of rotatable bonds is 5. The molecule has 0 saturated heterocycles. The van der Waals surface area contributed by atoms with Gasteiger partial charge >= 0.3 is 0 Å². The number of hydrogen-bond donors (Lipinski definition) is 1. The minimum Gasteiger partial charge on any atom is -0.323 e. The van der Waals surface area contributed by atoms with Crippen molar-refractivity contribution in [3.8, 4) is 0 Å². The van der Waals surface area contributed by atoms with Gasteiger partial charge in [-0.05, 0) is 48.2 Å². The maximum atomic E-state index is 6.31. The Hall–Kier alpha value is -1.40. The van der Waals surface area contributed by atoms with Gasteiger partial charge in [-0.3, -0.25) is 0 Å². The molecule has 0 radical (unpaired) electrons. The molecule has 1 atom stereocenters. The lowest BCUT2D eigenvalue weighted by molar-refractivity contribution is 0.565. The molecule has 0 bridgehead atoms. The van der Waals surface area contributed by atoms with Crippen LogP contribution in [0.25, 0.3) is 0 Å². The first kappa shape index (κ1) is 13.6. The van der Waals surface area contributed by atoms with Crippen LogP contribution < -0.4 is 5.73 Å². The number of nitrogens with zero attached hydrogens (tertiary/aromatic N) is 4. The van der Waals surface area contributed by atoms with Gasteiger partial charge < -0.3 is 5.73 Å². The fraction of sp³-hybridized carbons (Fsp3) is 0.500. The Labute approximate surface area is 122 Å². The lowest BCUT2D eigenvalue weighted by atomic mass is 10.0. The zero-order valence-corrected chi connectivity index (χ0v) is 12.6. The van der Waals surface area contributed by atoms with Crippen molar-refractivity contribution in [2.75, 3.05) is 5.75 Å². The third-order valence-corrected chi connectivity index (χ3v) is 4.62. The minimum atomic E-state index is 0.00459. The second kappa shape index (κ2) is 5.54. The molecule has 20 heavy (non-hydrogen) atoms. The van der Waals surface area contributed by atoms with E-state index in [2.05, 4.69) is 47.6 Å². The maximum absolute atomic E-state index is 6.31. The Bertz CT molecular complexity index is 605. The summed E-state index contributed by atoms with van der Waals surface area (Å²) in [7, 11) is 0. The number of nitrogens with two attached hydrogens (primary N) is 1. The van der Waals surface area contributed by atoms with Crippen LogP contribution in [-0.2, 0) is 0 Å². The van der Waals surface area contributed by atoms with Crippen LogP contribution in [0.2, 0.25) is 0 Å². The topological polar surface area (TPSA) is 69.6 Å². The van der Waals surface area contributed by atoms with Gasteiger partial charge in [0.05, 0.1) is 6.04 Å². The third kappa shape index (κ3) is 2.86. The maximum Gasteiger partial charge on any atom is 0.209 e. The number of hydrogen-bond acceptors (Lipinski definition) is 5. The highest BCUT2D eigenvalue weighted by molar-refractivity contribution is 7.99. The molecule has 2 N–H and O–H groups in total. The predicted octanol–water partition coefficient (Wildman–Crippen LogP) is 2.42. The molecule has 1 aliphatic carbocycles. The Morgan fingerprint density at radius 2 is 2.20 bits per heavy atom. The molecule has 0 amide bonds. The van der Waals surface area contributed by atoms with Crippen LogP contribution in [0.5, 0.6) is 0 Å². The first-order valence-electron chi connectivity index (χ1n) is 6.88. The first-order valence-corrected chi connectivity index (χ1v) is 7.87. The van der Waals surface area contributed by atoms with Crippen molar-refractivity contribution in [1.82, 2.24) is 20.2 Å². The van der Waals surface area contributed by atoms with E-state index in [9.17, 15) is 0 Å². The van der Waals surface area contributed by atoms with Crippen molar-refractivity contribution < 1.29 is 0 Å². The van der Waals surface area contributed by atoms with Crippen LogP contribution in [0, 0.1) is 13.8 Å². The van der Waals surface area contributed by atoms with Crippen LogP contribution in [0.15, 0.2) is 23.4 Å².